The van der Waals surface area contributed by atoms with Gasteiger partial charge in [-0.1, -0.05) is 60.1 Å². The van der Waals surface area contributed by atoms with E-state index >= 15 is 0 Å². The molecular formula is C16H18ClN. The van der Waals surface area contributed by atoms with E-state index in [9.17, 15) is 0 Å². The van der Waals surface area contributed by atoms with Crippen LogP contribution in [0.5, 0.6) is 0 Å². The zero-order chi connectivity index (χ0) is 13.0. The third-order valence-corrected chi connectivity index (χ3v) is 3.72. The summed E-state index contributed by atoms with van der Waals surface area (Å²) in [5.74, 6) is 0. The molecule has 0 saturated carbocycles. The minimum Gasteiger partial charge on any atom is -0.324 e. The highest BCUT2D eigenvalue weighted by Gasteiger charge is 2.11. The summed E-state index contributed by atoms with van der Waals surface area (Å²) in [7, 11) is 0. The maximum atomic E-state index is 6.29. The Morgan fingerprint density at radius 3 is 2.50 bits per heavy atom. The van der Waals surface area contributed by atoms with Crippen LogP contribution in [-0.2, 0) is 6.42 Å². The SMILES string of the molecule is Cc1cccc(C(N)CCc2ccccc2)c1Cl. The highest BCUT2D eigenvalue weighted by atomic mass is 35.5. The van der Waals surface area contributed by atoms with Crippen molar-refractivity contribution in [3.8, 4) is 0 Å². The summed E-state index contributed by atoms with van der Waals surface area (Å²) >= 11 is 6.29. The molecule has 0 heterocycles. The van der Waals surface area contributed by atoms with Crippen molar-refractivity contribution in [2.24, 2.45) is 5.73 Å². The smallest absolute Gasteiger partial charge is 0.0482 e. The molecule has 0 aliphatic rings. The molecule has 0 amide bonds. The van der Waals surface area contributed by atoms with Crippen LogP contribution >= 0.6 is 11.6 Å². The predicted molar refractivity (Wildman–Crippen MR) is 77.9 cm³/mol. The second kappa shape index (κ2) is 6.03. The molecule has 0 saturated heterocycles. The molecule has 2 rings (SSSR count). The van der Waals surface area contributed by atoms with E-state index in [1.54, 1.807) is 0 Å². The molecule has 2 heteroatoms. The topological polar surface area (TPSA) is 26.0 Å². The van der Waals surface area contributed by atoms with Crippen LogP contribution in [0, 0.1) is 6.92 Å². The lowest BCUT2D eigenvalue weighted by molar-refractivity contribution is 0.651. The van der Waals surface area contributed by atoms with Crippen molar-refractivity contribution in [3.05, 3.63) is 70.2 Å². The average molecular weight is 260 g/mol. The zero-order valence-electron chi connectivity index (χ0n) is 10.6. The van der Waals surface area contributed by atoms with E-state index in [1.165, 1.54) is 5.56 Å². The molecule has 0 bridgehead atoms. The third-order valence-electron chi connectivity index (χ3n) is 3.21. The van der Waals surface area contributed by atoms with Crippen molar-refractivity contribution >= 4 is 11.6 Å². The van der Waals surface area contributed by atoms with Gasteiger partial charge in [-0.05, 0) is 36.5 Å². The maximum Gasteiger partial charge on any atom is 0.0482 e. The van der Waals surface area contributed by atoms with Crippen molar-refractivity contribution in [3.63, 3.8) is 0 Å². The molecule has 2 N–H and O–H groups in total. The number of aryl methyl sites for hydroxylation is 2. The molecule has 0 aliphatic heterocycles. The Bertz CT molecular complexity index is 508. The van der Waals surface area contributed by atoms with E-state index in [-0.39, 0.29) is 6.04 Å². The van der Waals surface area contributed by atoms with E-state index < -0.39 is 0 Å². The van der Waals surface area contributed by atoms with Gasteiger partial charge < -0.3 is 5.73 Å². The van der Waals surface area contributed by atoms with Gasteiger partial charge in [0.1, 0.15) is 0 Å². The van der Waals surface area contributed by atoms with Crippen LogP contribution in [0.3, 0.4) is 0 Å². The van der Waals surface area contributed by atoms with E-state index in [2.05, 4.69) is 24.3 Å². The number of rotatable bonds is 4. The van der Waals surface area contributed by atoms with Gasteiger partial charge in [-0.15, -0.1) is 0 Å². The molecule has 0 aliphatic carbocycles. The largest absolute Gasteiger partial charge is 0.324 e. The fraction of sp³-hybridized carbons (Fsp3) is 0.250. The van der Waals surface area contributed by atoms with E-state index in [0.717, 1.165) is 29.0 Å². The molecule has 2 aromatic rings. The first-order valence-electron chi connectivity index (χ1n) is 6.23. The Morgan fingerprint density at radius 1 is 1.06 bits per heavy atom. The van der Waals surface area contributed by atoms with Gasteiger partial charge in [0.05, 0.1) is 0 Å². The van der Waals surface area contributed by atoms with E-state index in [1.807, 2.05) is 31.2 Å². The Kier molecular flexibility index (Phi) is 4.40. The number of benzene rings is 2. The van der Waals surface area contributed by atoms with Crippen molar-refractivity contribution in [2.75, 3.05) is 0 Å². The number of halogens is 1. The van der Waals surface area contributed by atoms with E-state index in [4.69, 9.17) is 17.3 Å². The lowest BCUT2D eigenvalue weighted by Crippen LogP contribution is -2.12. The lowest BCUT2D eigenvalue weighted by Gasteiger charge is -2.15. The number of nitrogens with two attached hydrogens (primary N) is 1. The van der Waals surface area contributed by atoms with Crippen molar-refractivity contribution in [2.45, 2.75) is 25.8 Å². The van der Waals surface area contributed by atoms with Crippen LogP contribution in [0.15, 0.2) is 48.5 Å². The molecule has 0 radical (unpaired) electrons. The van der Waals surface area contributed by atoms with Gasteiger partial charge in [-0.3, -0.25) is 0 Å². The minimum atomic E-state index is -0.00222. The normalized spacial score (nSPS) is 12.4. The van der Waals surface area contributed by atoms with Gasteiger partial charge in [-0.2, -0.15) is 0 Å². The Balaban J connectivity index is 2.04. The summed E-state index contributed by atoms with van der Waals surface area (Å²) in [5, 5.41) is 0.804. The van der Waals surface area contributed by atoms with Crippen LogP contribution in [-0.4, -0.2) is 0 Å². The first kappa shape index (κ1) is 13.1. The Labute approximate surface area is 114 Å². The van der Waals surface area contributed by atoms with Gasteiger partial charge in [0, 0.05) is 11.1 Å². The fourth-order valence-electron chi connectivity index (χ4n) is 2.08. The Morgan fingerprint density at radius 2 is 1.78 bits per heavy atom. The molecule has 1 nitrogen and oxygen atoms in total. The van der Waals surface area contributed by atoms with Crippen LogP contribution in [0.1, 0.15) is 29.2 Å². The highest BCUT2D eigenvalue weighted by molar-refractivity contribution is 6.32. The van der Waals surface area contributed by atoms with Crippen molar-refractivity contribution < 1.29 is 0 Å². The molecule has 18 heavy (non-hydrogen) atoms. The molecule has 1 atom stereocenters. The summed E-state index contributed by atoms with van der Waals surface area (Å²) < 4.78 is 0. The monoisotopic (exact) mass is 259 g/mol. The molecule has 2 aromatic carbocycles. The van der Waals surface area contributed by atoms with Gasteiger partial charge in [0.25, 0.3) is 0 Å². The van der Waals surface area contributed by atoms with Crippen LogP contribution in [0.25, 0.3) is 0 Å². The van der Waals surface area contributed by atoms with Crippen LogP contribution < -0.4 is 5.73 Å². The number of hydrogen-bond donors (Lipinski definition) is 1. The average Bonchev–Trinajstić information content (AvgIpc) is 2.40. The van der Waals surface area contributed by atoms with Crippen molar-refractivity contribution in [1.29, 1.82) is 0 Å². The number of hydrogen-bond acceptors (Lipinski definition) is 1. The molecule has 0 fully saturated rings. The predicted octanol–water partition coefficient (Wildman–Crippen LogP) is 4.28. The van der Waals surface area contributed by atoms with Crippen molar-refractivity contribution in [1.82, 2.24) is 0 Å². The molecule has 0 spiro atoms. The van der Waals surface area contributed by atoms with Crippen LogP contribution in [0.2, 0.25) is 5.02 Å². The second-order valence-electron chi connectivity index (χ2n) is 4.61. The summed E-state index contributed by atoms with van der Waals surface area (Å²) in [6, 6.07) is 16.4. The summed E-state index contributed by atoms with van der Waals surface area (Å²) in [6.07, 6.45) is 1.89. The highest BCUT2D eigenvalue weighted by Crippen LogP contribution is 2.27. The first-order chi connectivity index (χ1) is 8.68. The van der Waals surface area contributed by atoms with Gasteiger partial charge in [0.15, 0.2) is 0 Å². The molecule has 0 aromatic heterocycles. The van der Waals surface area contributed by atoms with Gasteiger partial charge >= 0.3 is 0 Å². The fourth-order valence-corrected chi connectivity index (χ4v) is 2.34. The quantitative estimate of drug-likeness (QED) is 0.871. The lowest BCUT2D eigenvalue weighted by atomic mass is 9.98. The minimum absolute atomic E-state index is 0.00222. The molecule has 94 valence electrons. The van der Waals surface area contributed by atoms with E-state index in [0.29, 0.717) is 0 Å². The molecular weight excluding hydrogens is 242 g/mol. The Hall–Kier alpha value is -1.31. The van der Waals surface area contributed by atoms with Crippen LogP contribution in [0.4, 0.5) is 0 Å². The first-order valence-corrected chi connectivity index (χ1v) is 6.61. The molecule has 1 unspecified atom stereocenters. The van der Waals surface area contributed by atoms with Gasteiger partial charge in [-0.25, -0.2) is 0 Å². The standard InChI is InChI=1S/C16H18ClN/c1-12-6-5-9-14(16(12)17)15(18)11-10-13-7-3-2-4-8-13/h2-9,15H,10-11,18H2,1H3. The summed E-state index contributed by atoms with van der Waals surface area (Å²) in [6.45, 7) is 2.01. The maximum absolute atomic E-state index is 6.29. The summed E-state index contributed by atoms with van der Waals surface area (Å²) in [5.41, 5.74) is 9.68. The van der Waals surface area contributed by atoms with Gasteiger partial charge in [0.2, 0.25) is 0 Å². The zero-order valence-corrected chi connectivity index (χ0v) is 11.3. The second-order valence-corrected chi connectivity index (χ2v) is 4.99. The summed E-state index contributed by atoms with van der Waals surface area (Å²) in [4.78, 5) is 0. The third kappa shape index (κ3) is 3.12.